The molecular formula is C18H25NO3. The van der Waals surface area contributed by atoms with Crippen LogP contribution >= 0.6 is 0 Å². The van der Waals surface area contributed by atoms with Crippen molar-refractivity contribution >= 4 is 6.09 Å². The van der Waals surface area contributed by atoms with Gasteiger partial charge in [0.05, 0.1) is 7.11 Å². The lowest BCUT2D eigenvalue weighted by molar-refractivity contribution is 0.0865. The second kappa shape index (κ2) is 9.13. The average Bonchev–Trinajstić information content (AvgIpc) is 2.50. The Balaban J connectivity index is 1.67. The third-order valence-corrected chi connectivity index (χ3v) is 3.83. The largest absolute Gasteiger partial charge is 0.497 e. The molecular weight excluding hydrogens is 278 g/mol. The molecule has 2 rings (SSSR count). The fourth-order valence-electron chi connectivity index (χ4n) is 2.54. The van der Waals surface area contributed by atoms with E-state index in [-0.39, 0.29) is 12.2 Å². The molecule has 4 nitrogen and oxygen atoms in total. The first-order valence-electron chi connectivity index (χ1n) is 8.00. The predicted molar refractivity (Wildman–Crippen MR) is 87.2 cm³/mol. The molecule has 0 bridgehead atoms. The number of ether oxygens (including phenoxy) is 2. The summed E-state index contributed by atoms with van der Waals surface area (Å²) < 4.78 is 10.6. The van der Waals surface area contributed by atoms with Crippen LogP contribution in [-0.4, -0.2) is 25.9 Å². The minimum atomic E-state index is -0.303. The maximum Gasteiger partial charge on any atom is 0.407 e. The van der Waals surface area contributed by atoms with E-state index < -0.39 is 0 Å². The number of carbonyl (C=O) groups is 1. The highest BCUT2D eigenvalue weighted by Crippen LogP contribution is 2.15. The summed E-state index contributed by atoms with van der Waals surface area (Å²) in [5, 5.41) is 2.83. The zero-order chi connectivity index (χ0) is 15.6. The number of amides is 1. The van der Waals surface area contributed by atoms with Crippen LogP contribution in [0.15, 0.2) is 36.4 Å². The molecule has 0 saturated heterocycles. The van der Waals surface area contributed by atoms with E-state index in [2.05, 4.69) is 17.5 Å². The van der Waals surface area contributed by atoms with E-state index in [1.54, 1.807) is 7.11 Å². The monoisotopic (exact) mass is 303 g/mol. The average molecular weight is 303 g/mol. The Labute approximate surface area is 132 Å². The second-order valence-corrected chi connectivity index (χ2v) is 5.53. The van der Waals surface area contributed by atoms with Crippen LogP contribution in [0.5, 0.6) is 5.75 Å². The summed E-state index contributed by atoms with van der Waals surface area (Å²) >= 11 is 0. The summed E-state index contributed by atoms with van der Waals surface area (Å²) in [6.07, 6.45) is 9.95. The van der Waals surface area contributed by atoms with E-state index in [1.165, 1.54) is 0 Å². The predicted octanol–water partition coefficient (Wildman–Crippen LogP) is 3.85. The molecule has 1 unspecified atom stereocenters. The smallest absolute Gasteiger partial charge is 0.407 e. The van der Waals surface area contributed by atoms with Gasteiger partial charge in [-0.2, -0.15) is 0 Å². The summed E-state index contributed by atoms with van der Waals surface area (Å²) in [6.45, 7) is 0.581. The molecule has 1 aromatic carbocycles. The van der Waals surface area contributed by atoms with Crippen molar-refractivity contribution in [1.29, 1.82) is 0 Å². The first-order chi connectivity index (χ1) is 10.8. The third kappa shape index (κ3) is 5.80. The van der Waals surface area contributed by atoms with Crippen LogP contribution in [0.4, 0.5) is 4.79 Å². The highest BCUT2D eigenvalue weighted by Gasteiger charge is 2.14. The van der Waals surface area contributed by atoms with Crippen LogP contribution in [0.25, 0.3) is 0 Å². The van der Waals surface area contributed by atoms with E-state index in [4.69, 9.17) is 9.47 Å². The van der Waals surface area contributed by atoms with Gasteiger partial charge in [0, 0.05) is 6.54 Å². The highest BCUT2D eigenvalue weighted by atomic mass is 16.6. The first-order valence-corrected chi connectivity index (χ1v) is 8.00. The van der Waals surface area contributed by atoms with Gasteiger partial charge in [-0.05, 0) is 56.2 Å². The number of nitrogens with one attached hydrogen (secondary N) is 1. The second-order valence-electron chi connectivity index (χ2n) is 5.53. The third-order valence-electron chi connectivity index (χ3n) is 3.83. The minimum absolute atomic E-state index is 0.0472. The first kappa shape index (κ1) is 16.4. The maximum absolute atomic E-state index is 11.8. The molecule has 0 fully saturated rings. The fourth-order valence-corrected chi connectivity index (χ4v) is 2.54. The Bertz CT molecular complexity index is 482. The van der Waals surface area contributed by atoms with Gasteiger partial charge in [0.15, 0.2) is 0 Å². The number of alkyl carbamates (subject to hydrolysis) is 1. The van der Waals surface area contributed by atoms with Gasteiger partial charge in [0.1, 0.15) is 11.9 Å². The molecule has 1 N–H and O–H groups in total. The molecule has 0 heterocycles. The Morgan fingerprint density at radius 1 is 1.18 bits per heavy atom. The maximum atomic E-state index is 11.8. The van der Waals surface area contributed by atoms with Crippen molar-refractivity contribution in [3.8, 4) is 5.75 Å². The summed E-state index contributed by atoms with van der Waals surface area (Å²) in [7, 11) is 1.65. The number of benzene rings is 1. The number of carbonyl (C=O) groups excluding carboxylic acids is 1. The summed E-state index contributed by atoms with van der Waals surface area (Å²) in [4.78, 5) is 11.8. The molecule has 0 aliphatic heterocycles. The van der Waals surface area contributed by atoms with Crippen LogP contribution in [-0.2, 0) is 11.2 Å². The van der Waals surface area contributed by atoms with Crippen molar-refractivity contribution in [3.63, 3.8) is 0 Å². The van der Waals surface area contributed by atoms with Crippen molar-refractivity contribution in [2.45, 2.75) is 44.6 Å². The lowest BCUT2D eigenvalue weighted by Crippen LogP contribution is -2.30. The van der Waals surface area contributed by atoms with Gasteiger partial charge in [-0.1, -0.05) is 24.3 Å². The van der Waals surface area contributed by atoms with Gasteiger partial charge in [-0.15, -0.1) is 0 Å². The number of hydrogen-bond donors (Lipinski definition) is 1. The Kier molecular flexibility index (Phi) is 6.81. The molecule has 120 valence electrons. The number of hydrogen-bond acceptors (Lipinski definition) is 3. The normalized spacial score (nSPS) is 19.6. The SMILES string of the molecule is COc1ccc(CCNC(=O)OC2CC/C=C/CCC2)cc1. The van der Waals surface area contributed by atoms with Crippen molar-refractivity contribution in [1.82, 2.24) is 5.32 Å². The molecule has 1 aliphatic rings. The number of allylic oxidation sites excluding steroid dienone is 2. The summed E-state index contributed by atoms with van der Waals surface area (Å²) in [5.41, 5.74) is 1.16. The lowest BCUT2D eigenvalue weighted by Gasteiger charge is -2.18. The lowest BCUT2D eigenvalue weighted by atomic mass is 10.0. The molecule has 1 aromatic rings. The Hall–Kier alpha value is -1.97. The fraction of sp³-hybridized carbons (Fsp3) is 0.500. The summed E-state index contributed by atoms with van der Waals surface area (Å²) in [5.74, 6) is 0.842. The van der Waals surface area contributed by atoms with E-state index in [1.807, 2.05) is 24.3 Å². The van der Waals surface area contributed by atoms with Crippen molar-refractivity contribution in [2.75, 3.05) is 13.7 Å². The van der Waals surface area contributed by atoms with Crippen LogP contribution in [0, 0.1) is 0 Å². The zero-order valence-electron chi connectivity index (χ0n) is 13.2. The molecule has 4 heteroatoms. The van der Waals surface area contributed by atoms with Gasteiger partial charge in [0.2, 0.25) is 0 Å². The molecule has 0 spiro atoms. The van der Waals surface area contributed by atoms with Gasteiger partial charge in [-0.3, -0.25) is 0 Å². The van der Waals surface area contributed by atoms with Gasteiger partial charge in [0.25, 0.3) is 0 Å². The highest BCUT2D eigenvalue weighted by molar-refractivity contribution is 5.67. The Morgan fingerprint density at radius 3 is 2.73 bits per heavy atom. The van der Waals surface area contributed by atoms with E-state index >= 15 is 0 Å². The quantitative estimate of drug-likeness (QED) is 0.840. The standard InChI is InChI=1S/C18H25NO3/c1-21-16-11-9-15(10-12-16)13-14-19-18(20)22-17-7-5-3-2-4-6-8-17/h2-3,9-12,17H,4-8,13-14H2,1H3,(H,19,20)/b3-2+. The topological polar surface area (TPSA) is 47.6 Å². The van der Waals surface area contributed by atoms with Crippen molar-refractivity contribution in [2.24, 2.45) is 0 Å². The molecule has 0 aromatic heterocycles. The molecule has 1 atom stereocenters. The van der Waals surface area contributed by atoms with Crippen molar-refractivity contribution in [3.05, 3.63) is 42.0 Å². The van der Waals surface area contributed by atoms with E-state index in [0.29, 0.717) is 6.54 Å². The number of rotatable bonds is 5. The van der Waals surface area contributed by atoms with E-state index in [0.717, 1.165) is 49.8 Å². The number of methoxy groups -OCH3 is 1. The minimum Gasteiger partial charge on any atom is -0.497 e. The molecule has 22 heavy (non-hydrogen) atoms. The van der Waals surface area contributed by atoms with Crippen LogP contribution in [0.3, 0.4) is 0 Å². The van der Waals surface area contributed by atoms with Crippen LogP contribution in [0.1, 0.15) is 37.7 Å². The van der Waals surface area contributed by atoms with Crippen LogP contribution in [0.2, 0.25) is 0 Å². The zero-order valence-corrected chi connectivity index (χ0v) is 13.2. The molecule has 0 saturated carbocycles. The van der Waals surface area contributed by atoms with E-state index in [9.17, 15) is 4.79 Å². The van der Waals surface area contributed by atoms with Gasteiger partial charge in [-0.25, -0.2) is 4.79 Å². The molecule has 1 amide bonds. The van der Waals surface area contributed by atoms with Crippen LogP contribution < -0.4 is 10.1 Å². The molecule has 1 aliphatic carbocycles. The van der Waals surface area contributed by atoms with Crippen molar-refractivity contribution < 1.29 is 14.3 Å². The molecule has 0 radical (unpaired) electrons. The van der Waals surface area contributed by atoms with Gasteiger partial charge < -0.3 is 14.8 Å². The summed E-state index contributed by atoms with van der Waals surface area (Å²) in [6, 6.07) is 7.87. The Morgan fingerprint density at radius 2 is 1.95 bits per heavy atom. The van der Waals surface area contributed by atoms with Gasteiger partial charge >= 0.3 is 6.09 Å².